The van der Waals surface area contributed by atoms with Crippen LogP contribution < -0.4 is 0 Å². The van der Waals surface area contributed by atoms with E-state index >= 15 is 0 Å². The lowest BCUT2D eigenvalue weighted by Gasteiger charge is -1.98. The SMILES string of the molecule is CC.CCc1ccc(C#N)cc1Cl.CCc1ccc(F)c(F)c1. The summed E-state index contributed by atoms with van der Waals surface area (Å²) in [5.74, 6) is -1.54. The van der Waals surface area contributed by atoms with Gasteiger partial charge in [0.2, 0.25) is 0 Å². The molecule has 0 saturated heterocycles. The van der Waals surface area contributed by atoms with E-state index in [-0.39, 0.29) is 0 Å². The van der Waals surface area contributed by atoms with Crippen molar-refractivity contribution in [2.24, 2.45) is 0 Å². The van der Waals surface area contributed by atoms with Crippen LogP contribution in [0, 0.1) is 23.0 Å². The Morgan fingerprint density at radius 1 is 0.957 bits per heavy atom. The fourth-order valence-corrected chi connectivity index (χ4v) is 1.98. The molecule has 2 aromatic rings. The van der Waals surface area contributed by atoms with E-state index in [2.05, 4.69) is 0 Å². The molecule has 4 heteroatoms. The van der Waals surface area contributed by atoms with Crippen molar-refractivity contribution in [1.82, 2.24) is 0 Å². The standard InChI is InChI=1S/C9H8ClN.C8H8F2.C2H6/c1-2-8-4-3-7(6-11)5-9(8)10;1-2-6-3-4-7(9)8(10)5-6;1-2/h3-5H,2H2,1H3;3-5H,2H2,1H3;1-2H3. The monoisotopic (exact) mass is 337 g/mol. The minimum absolute atomic E-state index is 0.618. The summed E-state index contributed by atoms with van der Waals surface area (Å²) < 4.78 is 24.7. The van der Waals surface area contributed by atoms with Gasteiger partial charge < -0.3 is 0 Å². The van der Waals surface area contributed by atoms with Gasteiger partial charge in [-0.1, -0.05) is 51.4 Å². The van der Waals surface area contributed by atoms with Gasteiger partial charge in [-0.05, 0) is 48.2 Å². The van der Waals surface area contributed by atoms with Crippen LogP contribution in [0.5, 0.6) is 0 Å². The smallest absolute Gasteiger partial charge is 0.159 e. The zero-order valence-electron chi connectivity index (χ0n) is 14.0. The van der Waals surface area contributed by atoms with Crippen LogP contribution in [0.15, 0.2) is 36.4 Å². The van der Waals surface area contributed by atoms with E-state index < -0.39 is 11.6 Å². The number of nitrogens with zero attached hydrogens (tertiary/aromatic N) is 1. The normalized spacial score (nSPS) is 8.96. The quantitative estimate of drug-likeness (QED) is 0.628. The Kier molecular flexibility index (Phi) is 10.7. The molecular weight excluding hydrogens is 316 g/mol. The molecule has 0 amide bonds. The zero-order valence-corrected chi connectivity index (χ0v) is 14.7. The molecule has 0 atom stereocenters. The summed E-state index contributed by atoms with van der Waals surface area (Å²) in [5.41, 5.74) is 2.52. The summed E-state index contributed by atoms with van der Waals surface area (Å²) in [6.45, 7) is 7.93. The van der Waals surface area contributed by atoms with Crippen LogP contribution in [0.25, 0.3) is 0 Å². The van der Waals surface area contributed by atoms with Crippen LogP contribution in [0.2, 0.25) is 5.02 Å². The van der Waals surface area contributed by atoms with Gasteiger partial charge >= 0.3 is 0 Å². The third kappa shape index (κ3) is 7.25. The molecule has 0 N–H and O–H groups in total. The zero-order chi connectivity index (χ0) is 17.8. The van der Waals surface area contributed by atoms with Crippen molar-refractivity contribution in [3.63, 3.8) is 0 Å². The van der Waals surface area contributed by atoms with E-state index in [4.69, 9.17) is 16.9 Å². The van der Waals surface area contributed by atoms with E-state index in [0.717, 1.165) is 30.0 Å². The van der Waals surface area contributed by atoms with Crippen molar-refractivity contribution in [3.8, 4) is 6.07 Å². The number of benzene rings is 2. The minimum Gasteiger partial charge on any atom is -0.204 e. The van der Waals surface area contributed by atoms with Crippen LogP contribution >= 0.6 is 11.6 Å². The molecular formula is C19H22ClF2N. The third-order valence-corrected chi connectivity index (χ3v) is 3.31. The Balaban J connectivity index is 0.000000381. The van der Waals surface area contributed by atoms with E-state index in [1.165, 1.54) is 6.07 Å². The molecule has 23 heavy (non-hydrogen) atoms. The van der Waals surface area contributed by atoms with Gasteiger partial charge in [0.1, 0.15) is 0 Å². The first-order valence-electron chi connectivity index (χ1n) is 7.64. The van der Waals surface area contributed by atoms with Crippen LogP contribution in [0.4, 0.5) is 8.78 Å². The van der Waals surface area contributed by atoms with Crippen molar-refractivity contribution in [2.75, 3.05) is 0 Å². The van der Waals surface area contributed by atoms with Crippen molar-refractivity contribution in [3.05, 3.63) is 69.7 Å². The van der Waals surface area contributed by atoms with E-state index in [1.54, 1.807) is 18.2 Å². The lowest BCUT2D eigenvalue weighted by Crippen LogP contribution is -1.86. The maximum atomic E-state index is 12.4. The molecule has 2 rings (SSSR count). The second-order valence-electron chi connectivity index (χ2n) is 4.37. The molecule has 0 heterocycles. The minimum atomic E-state index is -0.780. The van der Waals surface area contributed by atoms with Gasteiger partial charge in [0.15, 0.2) is 11.6 Å². The van der Waals surface area contributed by atoms with Gasteiger partial charge in [0.25, 0.3) is 0 Å². The van der Waals surface area contributed by atoms with Gasteiger partial charge in [0, 0.05) is 5.02 Å². The van der Waals surface area contributed by atoms with Crippen molar-refractivity contribution in [1.29, 1.82) is 5.26 Å². The molecule has 124 valence electrons. The van der Waals surface area contributed by atoms with E-state index in [1.807, 2.05) is 39.8 Å². The number of aryl methyl sites for hydroxylation is 2. The van der Waals surface area contributed by atoms with Gasteiger partial charge in [-0.2, -0.15) is 5.26 Å². The molecule has 0 bridgehead atoms. The first-order chi connectivity index (χ1) is 11.0. The van der Waals surface area contributed by atoms with Crippen LogP contribution in [-0.4, -0.2) is 0 Å². The first kappa shape index (κ1) is 21.1. The van der Waals surface area contributed by atoms with E-state index in [9.17, 15) is 8.78 Å². The lowest BCUT2D eigenvalue weighted by molar-refractivity contribution is 0.507. The lowest BCUT2D eigenvalue weighted by atomic mass is 10.1. The summed E-state index contributed by atoms with van der Waals surface area (Å²) >= 11 is 5.86. The molecule has 0 aliphatic carbocycles. The van der Waals surface area contributed by atoms with Gasteiger partial charge in [-0.3, -0.25) is 0 Å². The van der Waals surface area contributed by atoms with Crippen molar-refractivity contribution < 1.29 is 8.78 Å². The highest BCUT2D eigenvalue weighted by Gasteiger charge is 1.99. The maximum absolute atomic E-state index is 12.4. The van der Waals surface area contributed by atoms with E-state index in [0.29, 0.717) is 10.6 Å². The molecule has 0 saturated carbocycles. The Labute approximate surface area is 142 Å². The number of rotatable bonds is 2. The largest absolute Gasteiger partial charge is 0.204 e. The topological polar surface area (TPSA) is 23.8 Å². The number of hydrogen-bond donors (Lipinski definition) is 0. The summed E-state index contributed by atoms with van der Waals surface area (Å²) in [6, 6.07) is 11.3. The average Bonchev–Trinajstić information content (AvgIpc) is 2.59. The fraction of sp³-hybridized carbons (Fsp3) is 0.316. The second-order valence-corrected chi connectivity index (χ2v) is 4.78. The summed E-state index contributed by atoms with van der Waals surface area (Å²) in [7, 11) is 0. The molecule has 0 spiro atoms. The Morgan fingerprint density at radius 3 is 2.04 bits per heavy atom. The fourth-order valence-electron chi connectivity index (χ4n) is 1.66. The Morgan fingerprint density at radius 2 is 1.61 bits per heavy atom. The Bertz CT molecular complexity index is 648. The molecule has 2 aromatic carbocycles. The highest BCUT2D eigenvalue weighted by Crippen LogP contribution is 2.17. The molecule has 0 aliphatic rings. The highest BCUT2D eigenvalue weighted by atomic mass is 35.5. The number of hydrogen-bond acceptors (Lipinski definition) is 1. The molecule has 1 nitrogen and oxygen atoms in total. The summed E-state index contributed by atoms with van der Waals surface area (Å²) in [6.07, 6.45) is 1.64. The predicted octanol–water partition coefficient (Wildman–Crippen LogP) is 6.33. The van der Waals surface area contributed by atoms with Crippen LogP contribution in [0.3, 0.4) is 0 Å². The van der Waals surface area contributed by atoms with Crippen LogP contribution in [-0.2, 0) is 12.8 Å². The van der Waals surface area contributed by atoms with Crippen molar-refractivity contribution >= 4 is 11.6 Å². The molecule has 0 aliphatic heterocycles. The predicted molar refractivity (Wildman–Crippen MR) is 92.6 cm³/mol. The number of nitriles is 1. The first-order valence-corrected chi connectivity index (χ1v) is 8.02. The van der Waals surface area contributed by atoms with Gasteiger partial charge in [-0.15, -0.1) is 0 Å². The Hall–Kier alpha value is -1.92. The third-order valence-electron chi connectivity index (χ3n) is 2.96. The summed E-state index contributed by atoms with van der Waals surface area (Å²) in [4.78, 5) is 0. The molecule has 0 fully saturated rings. The van der Waals surface area contributed by atoms with Crippen LogP contribution in [0.1, 0.15) is 44.4 Å². The highest BCUT2D eigenvalue weighted by molar-refractivity contribution is 6.31. The average molecular weight is 338 g/mol. The molecule has 0 unspecified atom stereocenters. The second kappa shape index (κ2) is 11.6. The molecule has 0 radical (unpaired) electrons. The number of halogens is 3. The van der Waals surface area contributed by atoms with Gasteiger partial charge in [-0.25, -0.2) is 8.78 Å². The molecule has 0 aromatic heterocycles. The summed E-state index contributed by atoms with van der Waals surface area (Å²) in [5, 5.41) is 9.20. The maximum Gasteiger partial charge on any atom is 0.159 e. The van der Waals surface area contributed by atoms with Crippen molar-refractivity contribution in [2.45, 2.75) is 40.5 Å². The van der Waals surface area contributed by atoms with Gasteiger partial charge in [0.05, 0.1) is 11.6 Å².